The SMILES string of the molecule is COc1ccc(N[C@H]2C=C(c3cccc(Cl)c3)N(C(=O)c3ccccc3)C[C@@H]2O)cc1. The number of anilines is 1. The van der Waals surface area contributed by atoms with Crippen LogP contribution in [-0.4, -0.2) is 41.7 Å². The maximum atomic E-state index is 13.3. The van der Waals surface area contributed by atoms with Crippen LogP contribution in [0.1, 0.15) is 15.9 Å². The van der Waals surface area contributed by atoms with Crippen molar-refractivity contribution >= 4 is 28.9 Å². The molecule has 6 heteroatoms. The zero-order valence-electron chi connectivity index (χ0n) is 17.0. The van der Waals surface area contributed by atoms with Crippen LogP contribution in [0.3, 0.4) is 0 Å². The maximum Gasteiger partial charge on any atom is 0.258 e. The van der Waals surface area contributed by atoms with Gasteiger partial charge in [-0.25, -0.2) is 0 Å². The summed E-state index contributed by atoms with van der Waals surface area (Å²) in [5, 5.41) is 14.8. The maximum absolute atomic E-state index is 13.3. The number of carbonyl (C=O) groups is 1. The van der Waals surface area contributed by atoms with Crippen LogP contribution in [0.5, 0.6) is 5.75 Å². The Labute approximate surface area is 186 Å². The number of aliphatic hydroxyl groups is 1. The summed E-state index contributed by atoms with van der Waals surface area (Å²) in [6, 6.07) is 23.5. The monoisotopic (exact) mass is 434 g/mol. The fraction of sp³-hybridized carbons (Fsp3) is 0.160. The summed E-state index contributed by atoms with van der Waals surface area (Å²) in [6.07, 6.45) is 1.09. The Kier molecular flexibility index (Phi) is 6.26. The lowest BCUT2D eigenvalue weighted by Gasteiger charge is -2.36. The van der Waals surface area contributed by atoms with Crippen LogP contribution in [0.15, 0.2) is 84.9 Å². The van der Waals surface area contributed by atoms with E-state index in [-0.39, 0.29) is 18.5 Å². The number of ether oxygens (including phenoxy) is 1. The van der Waals surface area contributed by atoms with Gasteiger partial charge in [0.15, 0.2) is 0 Å². The van der Waals surface area contributed by atoms with Crippen LogP contribution >= 0.6 is 11.6 Å². The predicted molar refractivity (Wildman–Crippen MR) is 123 cm³/mol. The zero-order chi connectivity index (χ0) is 21.8. The fourth-order valence-corrected chi connectivity index (χ4v) is 3.81. The van der Waals surface area contributed by atoms with Crippen molar-refractivity contribution < 1.29 is 14.6 Å². The Morgan fingerprint density at radius 3 is 2.48 bits per heavy atom. The quantitative estimate of drug-likeness (QED) is 0.611. The lowest BCUT2D eigenvalue weighted by atomic mass is 9.98. The van der Waals surface area contributed by atoms with Crippen molar-refractivity contribution in [2.24, 2.45) is 0 Å². The Hall–Kier alpha value is -3.28. The lowest BCUT2D eigenvalue weighted by Crippen LogP contribution is -2.47. The number of β-amino-alcohol motifs (C(OH)–C–C–N with tert-alkyl or cyclic N) is 1. The Morgan fingerprint density at radius 2 is 1.81 bits per heavy atom. The molecule has 1 aliphatic rings. The highest BCUT2D eigenvalue weighted by Crippen LogP contribution is 2.30. The molecule has 31 heavy (non-hydrogen) atoms. The minimum atomic E-state index is -0.794. The number of rotatable bonds is 5. The molecule has 0 saturated carbocycles. The highest BCUT2D eigenvalue weighted by atomic mass is 35.5. The average molecular weight is 435 g/mol. The molecule has 5 nitrogen and oxygen atoms in total. The summed E-state index contributed by atoms with van der Waals surface area (Å²) in [4.78, 5) is 14.9. The molecular formula is C25H23ClN2O3. The van der Waals surface area contributed by atoms with Gasteiger partial charge in [-0.15, -0.1) is 0 Å². The molecular weight excluding hydrogens is 412 g/mol. The second kappa shape index (κ2) is 9.25. The second-order valence-corrected chi connectivity index (χ2v) is 7.75. The van der Waals surface area contributed by atoms with Crippen molar-refractivity contribution in [3.8, 4) is 5.75 Å². The Bertz CT molecular complexity index is 1080. The van der Waals surface area contributed by atoms with Gasteiger partial charge in [-0.2, -0.15) is 0 Å². The van der Waals surface area contributed by atoms with Crippen LogP contribution in [0.25, 0.3) is 5.70 Å². The van der Waals surface area contributed by atoms with Crippen molar-refractivity contribution in [2.45, 2.75) is 12.1 Å². The van der Waals surface area contributed by atoms with E-state index >= 15 is 0 Å². The van der Waals surface area contributed by atoms with Gasteiger partial charge in [0.05, 0.1) is 25.8 Å². The molecule has 0 saturated heterocycles. The average Bonchev–Trinajstić information content (AvgIpc) is 2.80. The van der Waals surface area contributed by atoms with Crippen LogP contribution in [-0.2, 0) is 0 Å². The number of amides is 1. The van der Waals surface area contributed by atoms with Crippen LogP contribution in [0.2, 0.25) is 5.02 Å². The van der Waals surface area contributed by atoms with Gasteiger partial charge in [0.1, 0.15) is 5.75 Å². The van der Waals surface area contributed by atoms with Gasteiger partial charge in [-0.05, 0) is 60.2 Å². The van der Waals surface area contributed by atoms with Gasteiger partial charge < -0.3 is 20.1 Å². The number of aliphatic hydroxyl groups excluding tert-OH is 1. The molecule has 1 heterocycles. The summed E-state index contributed by atoms with van der Waals surface area (Å²) >= 11 is 6.22. The largest absolute Gasteiger partial charge is 0.497 e. The van der Waals surface area contributed by atoms with E-state index in [1.165, 1.54) is 0 Å². The molecule has 2 N–H and O–H groups in total. The molecule has 0 bridgehead atoms. The highest BCUT2D eigenvalue weighted by molar-refractivity contribution is 6.30. The molecule has 3 aromatic carbocycles. The Balaban J connectivity index is 1.69. The number of benzene rings is 3. The summed E-state index contributed by atoms with van der Waals surface area (Å²) in [5.41, 5.74) is 2.91. The summed E-state index contributed by atoms with van der Waals surface area (Å²) < 4.78 is 5.20. The van der Waals surface area contributed by atoms with Gasteiger partial charge in [-0.1, -0.05) is 41.9 Å². The smallest absolute Gasteiger partial charge is 0.258 e. The first kappa shape index (κ1) is 21.0. The number of nitrogens with zero attached hydrogens (tertiary/aromatic N) is 1. The third kappa shape index (κ3) is 4.74. The molecule has 2 atom stereocenters. The van der Waals surface area contributed by atoms with E-state index < -0.39 is 6.10 Å². The number of carbonyl (C=O) groups excluding carboxylic acids is 1. The summed E-state index contributed by atoms with van der Waals surface area (Å²) in [5.74, 6) is 0.582. The summed E-state index contributed by atoms with van der Waals surface area (Å²) in [6.45, 7) is 0.153. The van der Waals surface area contributed by atoms with Gasteiger partial charge in [0, 0.05) is 22.0 Å². The molecule has 1 amide bonds. The third-order valence-electron chi connectivity index (χ3n) is 5.22. The normalized spacial score (nSPS) is 18.3. The van der Waals surface area contributed by atoms with Crippen molar-refractivity contribution in [2.75, 3.05) is 19.0 Å². The molecule has 4 rings (SSSR count). The number of nitrogens with one attached hydrogen (secondary N) is 1. The molecule has 0 radical (unpaired) electrons. The number of hydrogen-bond donors (Lipinski definition) is 2. The van der Waals surface area contributed by atoms with Crippen LogP contribution < -0.4 is 10.1 Å². The van der Waals surface area contributed by atoms with E-state index in [1.807, 2.05) is 66.7 Å². The van der Waals surface area contributed by atoms with Gasteiger partial charge in [-0.3, -0.25) is 4.79 Å². The number of hydrogen-bond acceptors (Lipinski definition) is 4. The summed E-state index contributed by atoms with van der Waals surface area (Å²) in [7, 11) is 1.62. The van der Waals surface area contributed by atoms with Gasteiger partial charge >= 0.3 is 0 Å². The molecule has 0 spiro atoms. The van der Waals surface area contributed by atoms with Gasteiger partial charge in [0.25, 0.3) is 5.91 Å². The fourth-order valence-electron chi connectivity index (χ4n) is 3.62. The van der Waals surface area contributed by atoms with E-state index in [1.54, 1.807) is 30.2 Å². The third-order valence-corrected chi connectivity index (χ3v) is 5.46. The first-order valence-corrected chi connectivity index (χ1v) is 10.4. The molecule has 0 aliphatic carbocycles. The standard InChI is InChI=1S/C25H23ClN2O3/c1-31-21-12-10-20(11-13-21)27-22-15-23(18-8-5-9-19(26)14-18)28(16-24(22)29)25(30)17-6-3-2-4-7-17/h2-15,22,24,27,29H,16H2,1H3/t22-,24-/m0/s1. The van der Waals surface area contributed by atoms with E-state index in [9.17, 15) is 9.90 Å². The lowest BCUT2D eigenvalue weighted by molar-refractivity contribution is 0.0708. The van der Waals surface area contributed by atoms with E-state index in [0.717, 1.165) is 17.0 Å². The molecule has 0 aromatic heterocycles. The first-order valence-electron chi connectivity index (χ1n) is 9.98. The highest BCUT2D eigenvalue weighted by Gasteiger charge is 2.32. The zero-order valence-corrected chi connectivity index (χ0v) is 17.8. The minimum Gasteiger partial charge on any atom is -0.497 e. The van der Waals surface area contributed by atoms with Crippen LogP contribution in [0, 0.1) is 0 Å². The molecule has 158 valence electrons. The molecule has 0 fully saturated rings. The van der Waals surface area contributed by atoms with Crippen molar-refractivity contribution in [1.29, 1.82) is 0 Å². The van der Waals surface area contributed by atoms with Crippen molar-refractivity contribution in [1.82, 2.24) is 4.90 Å². The Morgan fingerprint density at radius 1 is 1.06 bits per heavy atom. The van der Waals surface area contributed by atoms with Crippen molar-refractivity contribution in [3.05, 3.63) is 101 Å². The number of methoxy groups -OCH3 is 1. The first-order chi connectivity index (χ1) is 15.0. The molecule has 3 aromatic rings. The molecule has 0 unspecified atom stereocenters. The second-order valence-electron chi connectivity index (χ2n) is 7.31. The number of halogens is 1. The van der Waals surface area contributed by atoms with Gasteiger partial charge in [0.2, 0.25) is 0 Å². The van der Waals surface area contributed by atoms with Crippen LogP contribution in [0.4, 0.5) is 5.69 Å². The van der Waals surface area contributed by atoms with E-state index in [4.69, 9.17) is 16.3 Å². The minimum absolute atomic E-state index is 0.153. The topological polar surface area (TPSA) is 61.8 Å². The predicted octanol–water partition coefficient (Wildman–Crippen LogP) is 4.69. The molecule has 1 aliphatic heterocycles. The van der Waals surface area contributed by atoms with Crippen molar-refractivity contribution in [3.63, 3.8) is 0 Å². The van der Waals surface area contributed by atoms with E-state index in [2.05, 4.69) is 5.32 Å². The van der Waals surface area contributed by atoms with E-state index in [0.29, 0.717) is 16.3 Å².